The molecule has 0 radical (unpaired) electrons. The first kappa shape index (κ1) is 38.7. The summed E-state index contributed by atoms with van der Waals surface area (Å²) in [6.07, 6.45) is -0.197. The summed E-state index contributed by atoms with van der Waals surface area (Å²) in [5, 5.41) is 4.90. The molecule has 2 atom stereocenters. The molecule has 0 saturated heterocycles. The molecule has 10 nitrogen and oxygen atoms in total. The Hall–Kier alpha value is -2.52. The fourth-order valence-electron chi connectivity index (χ4n) is 3.81. The van der Waals surface area contributed by atoms with Crippen molar-refractivity contribution in [1.82, 2.24) is 10.6 Å². The molecular weight excluding hydrogens is 629 g/mol. The van der Waals surface area contributed by atoms with Crippen LogP contribution in [0.4, 0.5) is 4.79 Å². The molecule has 2 N–H and O–H groups in total. The summed E-state index contributed by atoms with van der Waals surface area (Å²) in [6.45, 7) is 27.9. The molecule has 0 bridgehead atoms. The molecule has 2 rings (SSSR count). The Labute approximate surface area is 275 Å². The lowest BCUT2D eigenvalue weighted by atomic mass is 10.0. The van der Waals surface area contributed by atoms with Gasteiger partial charge in [-0.15, -0.1) is 0 Å². The van der Waals surface area contributed by atoms with Crippen LogP contribution in [0.25, 0.3) is 0 Å². The van der Waals surface area contributed by atoms with E-state index in [0.29, 0.717) is 40.2 Å². The van der Waals surface area contributed by atoms with Gasteiger partial charge in [0.25, 0.3) is 0 Å². The molecule has 1 heterocycles. The number of rotatable bonds is 6. The van der Waals surface area contributed by atoms with E-state index >= 15 is 0 Å². The molecule has 0 spiro atoms. The van der Waals surface area contributed by atoms with Gasteiger partial charge in [0.15, 0.2) is 0 Å². The van der Waals surface area contributed by atoms with E-state index in [1.807, 2.05) is 13.0 Å². The van der Waals surface area contributed by atoms with Crippen LogP contribution in [0.5, 0.6) is 11.5 Å². The van der Waals surface area contributed by atoms with E-state index in [-0.39, 0.29) is 15.8 Å². The second kappa shape index (κ2) is 14.1. The summed E-state index contributed by atoms with van der Waals surface area (Å²) in [6, 6.07) is -0.231. The van der Waals surface area contributed by atoms with Crippen molar-refractivity contribution < 1.29 is 37.5 Å². The number of fused-ring (bicyclic) bond motifs is 1. The maximum Gasteiger partial charge on any atom is 0.408 e. The lowest BCUT2D eigenvalue weighted by Gasteiger charge is -2.39. The van der Waals surface area contributed by atoms with E-state index in [1.165, 1.54) is 11.8 Å². The Balaban J connectivity index is 2.74. The van der Waals surface area contributed by atoms with Crippen molar-refractivity contribution in [1.29, 1.82) is 0 Å². The van der Waals surface area contributed by atoms with Crippen LogP contribution in [0.3, 0.4) is 0 Å². The van der Waals surface area contributed by atoms with E-state index in [2.05, 4.69) is 78.4 Å². The minimum Gasteiger partial charge on any atom is -0.543 e. The van der Waals surface area contributed by atoms with Crippen LogP contribution in [-0.2, 0) is 24.8 Å². The van der Waals surface area contributed by atoms with Crippen LogP contribution < -0.4 is 19.5 Å². The number of carbonyl (C=O) groups is 4. The Morgan fingerprint density at radius 3 is 2.00 bits per heavy atom. The topological polar surface area (TPSA) is 129 Å². The van der Waals surface area contributed by atoms with Gasteiger partial charge >= 0.3 is 12.1 Å². The Bertz CT molecular complexity index is 1280. The summed E-state index contributed by atoms with van der Waals surface area (Å²) in [7, 11) is -4.74. The second-order valence-electron chi connectivity index (χ2n) is 15.6. The monoisotopic (exact) mass is 682 g/mol. The maximum absolute atomic E-state index is 14.0. The second-order valence-corrected chi connectivity index (χ2v) is 26.1. The van der Waals surface area contributed by atoms with Crippen molar-refractivity contribution in [3.8, 4) is 11.5 Å². The third-order valence-corrected chi connectivity index (χ3v) is 18.3. The van der Waals surface area contributed by atoms with Crippen molar-refractivity contribution in [2.45, 2.75) is 129 Å². The predicted molar refractivity (Wildman–Crippen MR) is 184 cm³/mol. The molecule has 1 aromatic carbocycles. The summed E-state index contributed by atoms with van der Waals surface area (Å²) in [5.74, 6) is 0.336. The average Bonchev–Trinajstić information content (AvgIpc) is 2.84. The van der Waals surface area contributed by atoms with E-state index in [0.717, 1.165) is 0 Å². The summed E-state index contributed by atoms with van der Waals surface area (Å²) >= 11 is 1.39. The number of cyclic esters (lactones) is 1. The van der Waals surface area contributed by atoms with E-state index in [9.17, 15) is 19.2 Å². The SMILES string of the molecule is Cc1c(O[Si](C)(C)C(C)(C)C)cc(O[Si](C)(C)C(C)(C)C)c2c1C(=O)OC[C@H](NC(=O)OC(C)(C)C)C(=O)N[C@@H](C=O)CSC2. The number of amides is 2. The number of carbonyl (C=O) groups excluding carboxylic acids is 4. The van der Waals surface area contributed by atoms with Gasteiger partial charge < -0.3 is 33.8 Å². The van der Waals surface area contributed by atoms with E-state index in [1.54, 1.807) is 20.8 Å². The smallest absolute Gasteiger partial charge is 0.408 e. The number of hydrogen-bond acceptors (Lipinski definition) is 9. The standard InChI is InChI=1S/C32H54N2O8SSi2/c1-20-24(41-44(11,12)31(5,6)7)15-25(42-45(13,14)32(8,9)10)22-19-43-18-21(16-35)33-27(36)23(17-39-28(37)26(20)22)34-29(38)40-30(2,3)4/h15-16,21,23H,17-19H2,1-14H3,(H,33,36)(H,34,38)/t21-,23-/m0/s1. The molecular formula is C32H54N2O8SSi2. The van der Waals surface area contributed by atoms with Gasteiger partial charge in [0, 0.05) is 28.7 Å². The summed E-state index contributed by atoms with van der Waals surface area (Å²) < 4.78 is 24.7. The number of nitrogens with one attached hydrogen (secondary N) is 2. The summed E-state index contributed by atoms with van der Waals surface area (Å²) in [4.78, 5) is 51.7. The van der Waals surface area contributed by atoms with E-state index < -0.39 is 58.9 Å². The summed E-state index contributed by atoms with van der Waals surface area (Å²) in [5.41, 5.74) is 0.727. The molecule has 1 aliphatic heterocycles. The Kier molecular flexibility index (Phi) is 12.1. The van der Waals surface area contributed by atoms with Crippen molar-refractivity contribution >= 4 is 52.7 Å². The minimum atomic E-state index is -2.39. The van der Waals surface area contributed by atoms with Gasteiger partial charge in [-0.05, 0) is 64.0 Å². The quantitative estimate of drug-likeness (QED) is 0.190. The predicted octanol–water partition coefficient (Wildman–Crippen LogP) is 6.74. The van der Waals surface area contributed by atoms with Crippen LogP contribution in [-0.4, -0.2) is 70.9 Å². The molecule has 0 saturated carbocycles. The van der Waals surface area contributed by atoms with Gasteiger partial charge in [-0.3, -0.25) is 4.79 Å². The lowest BCUT2D eigenvalue weighted by Crippen LogP contribution is -2.53. The number of aldehydes is 1. The Morgan fingerprint density at radius 2 is 1.51 bits per heavy atom. The van der Waals surface area contributed by atoms with Crippen LogP contribution in [0.15, 0.2) is 6.07 Å². The molecule has 0 aliphatic carbocycles. The van der Waals surface area contributed by atoms with Crippen molar-refractivity contribution in [3.63, 3.8) is 0 Å². The zero-order valence-electron chi connectivity index (χ0n) is 29.6. The maximum atomic E-state index is 14.0. The molecule has 254 valence electrons. The number of alkyl carbamates (subject to hydrolysis) is 1. The zero-order valence-corrected chi connectivity index (χ0v) is 32.4. The Morgan fingerprint density at radius 1 is 0.978 bits per heavy atom. The highest BCUT2D eigenvalue weighted by Gasteiger charge is 2.42. The van der Waals surface area contributed by atoms with Crippen molar-refractivity contribution in [3.05, 3.63) is 22.8 Å². The highest BCUT2D eigenvalue weighted by Crippen LogP contribution is 2.45. The molecule has 0 unspecified atom stereocenters. The zero-order chi connectivity index (χ0) is 34.8. The lowest BCUT2D eigenvalue weighted by molar-refractivity contribution is -0.126. The number of esters is 1. The fourth-order valence-corrected chi connectivity index (χ4v) is 6.94. The number of benzene rings is 1. The number of thioether (sulfide) groups is 1. The third-order valence-electron chi connectivity index (χ3n) is 8.58. The molecule has 0 fully saturated rings. The van der Waals surface area contributed by atoms with Gasteiger partial charge in [-0.25, -0.2) is 9.59 Å². The molecule has 0 aromatic heterocycles. The minimum absolute atomic E-state index is 0.107. The van der Waals surface area contributed by atoms with Gasteiger partial charge in [0.05, 0.1) is 11.6 Å². The van der Waals surface area contributed by atoms with Crippen LogP contribution in [0.1, 0.15) is 83.8 Å². The third kappa shape index (κ3) is 10.2. The number of ether oxygens (including phenoxy) is 2. The highest BCUT2D eigenvalue weighted by atomic mass is 32.2. The highest BCUT2D eigenvalue weighted by molar-refractivity contribution is 7.98. The van der Waals surface area contributed by atoms with Gasteiger partial charge in [0.1, 0.15) is 36.0 Å². The molecule has 1 aliphatic rings. The first-order valence-electron chi connectivity index (χ1n) is 15.3. The van der Waals surface area contributed by atoms with Gasteiger partial charge in [0.2, 0.25) is 22.5 Å². The average molecular weight is 683 g/mol. The van der Waals surface area contributed by atoms with Crippen molar-refractivity contribution in [2.75, 3.05) is 12.4 Å². The van der Waals surface area contributed by atoms with Crippen LogP contribution >= 0.6 is 11.8 Å². The van der Waals surface area contributed by atoms with Gasteiger partial charge in [-0.2, -0.15) is 11.8 Å². The van der Waals surface area contributed by atoms with Gasteiger partial charge in [-0.1, -0.05) is 41.5 Å². The van der Waals surface area contributed by atoms with Crippen LogP contribution in [0, 0.1) is 6.92 Å². The largest absolute Gasteiger partial charge is 0.543 e. The fraction of sp³-hybridized carbons (Fsp3) is 0.688. The molecule has 45 heavy (non-hydrogen) atoms. The van der Waals surface area contributed by atoms with E-state index in [4.69, 9.17) is 18.3 Å². The normalized spacial score (nSPS) is 19.2. The van der Waals surface area contributed by atoms with Crippen molar-refractivity contribution in [2.24, 2.45) is 0 Å². The first-order valence-corrected chi connectivity index (χ1v) is 22.3. The molecule has 1 aromatic rings. The van der Waals surface area contributed by atoms with Crippen LogP contribution in [0.2, 0.25) is 36.3 Å². The number of hydrogen-bond donors (Lipinski definition) is 2. The molecule has 13 heteroatoms. The first-order chi connectivity index (χ1) is 20.3. The molecule has 2 amide bonds.